The number of aromatic amines is 1. The van der Waals surface area contributed by atoms with Gasteiger partial charge in [0, 0.05) is 11.3 Å². The van der Waals surface area contributed by atoms with Crippen molar-refractivity contribution < 1.29 is 0 Å². The van der Waals surface area contributed by atoms with E-state index in [9.17, 15) is 0 Å². The number of benzene rings is 1. The molecule has 2 heterocycles. The van der Waals surface area contributed by atoms with Crippen molar-refractivity contribution in [1.82, 2.24) is 20.2 Å². The smallest absolute Gasteiger partial charge is 0.160 e. The maximum atomic E-state index is 4.39. The molecule has 0 spiro atoms. The summed E-state index contributed by atoms with van der Waals surface area (Å²) in [5.41, 5.74) is 2.24. The van der Waals surface area contributed by atoms with Crippen LogP contribution in [0.5, 0.6) is 0 Å². The maximum Gasteiger partial charge on any atom is 0.160 e. The number of H-pyrrole nitrogens is 1. The first kappa shape index (κ1) is 16.4. The van der Waals surface area contributed by atoms with Gasteiger partial charge in [0.15, 0.2) is 5.65 Å². The fraction of sp³-hybridized carbons (Fsp3) is 0.421. The molecule has 0 saturated heterocycles. The Morgan fingerprint density at radius 2 is 1.92 bits per heavy atom. The third-order valence-corrected chi connectivity index (χ3v) is 6.23. The van der Waals surface area contributed by atoms with E-state index < -0.39 is 0 Å². The lowest BCUT2D eigenvalue weighted by molar-refractivity contribution is 0.472. The van der Waals surface area contributed by atoms with E-state index >= 15 is 0 Å². The van der Waals surface area contributed by atoms with Crippen molar-refractivity contribution >= 4 is 28.6 Å². The van der Waals surface area contributed by atoms with Gasteiger partial charge in [0.25, 0.3) is 0 Å². The molecule has 0 aliphatic heterocycles. The highest BCUT2D eigenvalue weighted by Crippen LogP contribution is 2.31. The minimum absolute atomic E-state index is 0.499. The average Bonchev–Trinajstić information content (AvgIpc) is 3.14. The van der Waals surface area contributed by atoms with Gasteiger partial charge in [-0.25, -0.2) is 9.97 Å². The lowest BCUT2D eigenvalue weighted by atomic mass is 9.95. The highest BCUT2D eigenvalue weighted by Gasteiger charge is 2.22. The van der Waals surface area contributed by atoms with E-state index in [2.05, 4.69) is 67.6 Å². The third-order valence-electron chi connectivity index (χ3n) is 4.85. The first-order valence-corrected chi connectivity index (χ1v) is 9.99. The number of rotatable bonds is 6. The van der Waals surface area contributed by atoms with Crippen LogP contribution in [0.3, 0.4) is 0 Å². The monoisotopic (exact) mass is 353 g/mol. The molecule has 4 rings (SSSR count). The normalized spacial score (nSPS) is 20.6. The molecule has 0 atom stereocenters. The molecule has 0 bridgehead atoms. The van der Waals surface area contributed by atoms with Crippen LogP contribution in [-0.4, -0.2) is 37.2 Å². The molecule has 1 saturated carbocycles. The van der Waals surface area contributed by atoms with Gasteiger partial charge in [-0.3, -0.25) is 5.10 Å². The predicted octanol–water partition coefficient (Wildman–Crippen LogP) is 4.05. The van der Waals surface area contributed by atoms with E-state index in [4.69, 9.17) is 0 Å². The molecule has 2 aromatic heterocycles. The van der Waals surface area contributed by atoms with Gasteiger partial charge in [0.05, 0.1) is 11.6 Å². The van der Waals surface area contributed by atoms with Crippen molar-refractivity contribution in [2.45, 2.75) is 43.4 Å². The van der Waals surface area contributed by atoms with Gasteiger partial charge in [0.2, 0.25) is 0 Å². The van der Waals surface area contributed by atoms with E-state index in [1.807, 2.05) is 0 Å². The zero-order valence-electron chi connectivity index (χ0n) is 14.2. The van der Waals surface area contributed by atoms with Crippen molar-refractivity contribution in [3.63, 3.8) is 0 Å². The first-order chi connectivity index (χ1) is 12.4. The molecule has 1 fully saturated rings. The number of hydrogen-bond donors (Lipinski definition) is 2. The Morgan fingerprint density at radius 3 is 2.76 bits per heavy atom. The summed E-state index contributed by atoms with van der Waals surface area (Å²) >= 11 is 2.14. The molecule has 0 unspecified atom stereocenters. The minimum Gasteiger partial charge on any atom is -0.367 e. The zero-order valence-corrected chi connectivity index (χ0v) is 15.0. The lowest BCUT2D eigenvalue weighted by Gasteiger charge is -2.29. The lowest BCUT2D eigenvalue weighted by Crippen LogP contribution is -2.27. The summed E-state index contributed by atoms with van der Waals surface area (Å²) in [4.78, 5) is 8.58. The Kier molecular flexibility index (Phi) is 5.16. The van der Waals surface area contributed by atoms with Crippen molar-refractivity contribution in [2.75, 3.05) is 11.1 Å². The standard InChI is InChI=1S/C19H23N5S/c1-2-4-14(5-3-1)10-11-25-16-8-6-15(7-9-16)23-18-17-12-22-24-19(17)21-13-20-18/h1-5,12-13,15-16H,6-11H2,(H2,20,21,22,23,24). The molecular formula is C19H23N5S. The van der Waals surface area contributed by atoms with Crippen LogP contribution in [0.4, 0.5) is 5.82 Å². The van der Waals surface area contributed by atoms with Crippen LogP contribution >= 0.6 is 11.8 Å². The largest absolute Gasteiger partial charge is 0.367 e. The van der Waals surface area contributed by atoms with Crippen LogP contribution in [0, 0.1) is 0 Å². The fourth-order valence-corrected chi connectivity index (χ4v) is 4.73. The molecule has 1 aliphatic carbocycles. The molecule has 0 radical (unpaired) electrons. The molecule has 0 amide bonds. The summed E-state index contributed by atoms with van der Waals surface area (Å²) < 4.78 is 0. The summed E-state index contributed by atoms with van der Waals surface area (Å²) in [6.45, 7) is 0. The second-order valence-corrected chi connectivity index (χ2v) is 7.99. The average molecular weight is 353 g/mol. The molecule has 25 heavy (non-hydrogen) atoms. The van der Waals surface area contributed by atoms with E-state index in [0.29, 0.717) is 6.04 Å². The number of nitrogens with one attached hydrogen (secondary N) is 2. The highest BCUT2D eigenvalue weighted by atomic mass is 32.2. The Morgan fingerprint density at radius 1 is 1.08 bits per heavy atom. The van der Waals surface area contributed by atoms with E-state index in [0.717, 1.165) is 22.1 Å². The van der Waals surface area contributed by atoms with Gasteiger partial charge in [-0.05, 0) is 43.4 Å². The Labute approximate surface area is 152 Å². The molecule has 3 aromatic rings. The van der Waals surface area contributed by atoms with Gasteiger partial charge < -0.3 is 5.32 Å². The first-order valence-electron chi connectivity index (χ1n) is 8.94. The fourth-order valence-electron chi connectivity index (χ4n) is 3.44. The Bertz CT molecular complexity index is 796. The molecular weight excluding hydrogens is 330 g/mol. The quantitative estimate of drug-likeness (QED) is 0.700. The number of thioether (sulfide) groups is 1. The summed E-state index contributed by atoms with van der Waals surface area (Å²) in [6.07, 6.45) is 9.51. The van der Waals surface area contributed by atoms with Crippen LogP contribution in [0.15, 0.2) is 42.9 Å². The summed E-state index contributed by atoms with van der Waals surface area (Å²) in [5, 5.41) is 12.3. The van der Waals surface area contributed by atoms with Crippen molar-refractivity contribution in [3.8, 4) is 0 Å². The number of fused-ring (bicyclic) bond motifs is 1. The molecule has 1 aromatic carbocycles. The minimum atomic E-state index is 0.499. The SMILES string of the molecule is c1ccc(CCSC2CCC(Nc3ncnc4[nH]ncc34)CC2)cc1. The number of nitrogens with zero attached hydrogens (tertiary/aromatic N) is 3. The van der Waals surface area contributed by atoms with Gasteiger partial charge in [-0.1, -0.05) is 30.3 Å². The van der Waals surface area contributed by atoms with E-state index in [-0.39, 0.29) is 0 Å². The van der Waals surface area contributed by atoms with Crippen LogP contribution < -0.4 is 5.32 Å². The van der Waals surface area contributed by atoms with E-state index in [1.165, 1.54) is 43.4 Å². The summed E-state index contributed by atoms with van der Waals surface area (Å²) in [5.74, 6) is 2.12. The molecule has 2 N–H and O–H groups in total. The predicted molar refractivity (Wildman–Crippen MR) is 104 cm³/mol. The van der Waals surface area contributed by atoms with Gasteiger partial charge in [0.1, 0.15) is 12.1 Å². The van der Waals surface area contributed by atoms with Crippen molar-refractivity contribution in [2.24, 2.45) is 0 Å². The number of aromatic nitrogens is 4. The summed E-state index contributed by atoms with van der Waals surface area (Å²) in [7, 11) is 0. The zero-order chi connectivity index (χ0) is 16.9. The van der Waals surface area contributed by atoms with E-state index in [1.54, 1.807) is 12.5 Å². The second-order valence-electron chi connectivity index (χ2n) is 6.58. The van der Waals surface area contributed by atoms with Gasteiger partial charge in [-0.2, -0.15) is 16.9 Å². The van der Waals surface area contributed by atoms with Crippen LogP contribution in [0.25, 0.3) is 11.0 Å². The molecule has 6 heteroatoms. The molecule has 130 valence electrons. The van der Waals surface area contributed by atoms with Crippen molar-refractivity contribution in [1.29, 1.82) is 0 Å². The maximum absolute atomic E-state index is 4.39. The van der Waals surface area contributed by atoms with Gasteiger partial charge >= 0.3 is 0 Å². The Hall–Kier alpha value is -2.08. The third kappa shape index (κ3) is 4.12. The van der Waals surface area contributed by atoms with Crippen LogP contribution in [0.1, 0.15) is 31.2 Å². The second kappa shape index (κ2) is 7.87. The Balaban J connectivity index is 1.24. The molecule has 5 nitrogen and oxygen atoms in total. The number of anilines is 1. The van der Waals surface area contributed by atoms with Crippen LogP contribution in [0.2, 0.25) is 0 Å². The highest BCUT2D eigenvalue weighted by molar-refractivity contribution is 7.99. The molecule has 1 aliphatic rings. The van der Waals surface area contributed by atoms with Crippen molar-refractivity contribution in [3.05, 3.63) is 48.4 Å². The number of hydrogen-bond acceptors (Lipinski definition) is 5. The number of aryl methyl sites for hydroxylation is 1. The van der Waals surface area contributed by atoms with Crippen LogP contribution in [-0.2, 0) is 6.42 Å². The summed E-state index contributed by atoms with van der Waals surface area (Å²) in [6, 6.07) is 11.3. The van der Waals surface area contributed by atoms with Gasteiger partial charge in [-0.15, -0.1) is 0 Å². The topological polar surface area (TPSA) is 66.5 Å².